The molecule has 1 heterocycles. The van der Waals surface area contributed by atoms with Crippen LogP contribution in [0.15, 0.2) is 42.5 Å². The van der Waals surface area contributed by atoms with Gasteiger partial charge in [-0.1, -0.05) is 18.2 Å². The van der Waals surface area contributed by atoms with Gasteiger partial charge in [-0.05, 0) is 36.2 Å². The minimum Gasteiger partial charge on any atom is -0.494 e. The van der Waals surface area contributed by atoms with Gasteiger partial charge in [0.2, 0.25) is 5.91 Å². The number of amides is 3. The number of nitrogens with zero attached hydrogens (tertiary/aromatic N) is 2. The van der Waals surface area contributed by atoms with E-state index < -0.39 is 5.82 Å². The molecular formula is C21H21FN2O4. The quantitative estimate of drug-likeness (QED) is 0.689. The first-order valence-corrected chi connectivity index (χ1v) is 8.94. The Morgan fingerprint density at radius 2 is 1.75 bits per heavy atom. The van der Waals surface area contributed by atoms with Gasteiger partial charge in [0.1, 0.15) is 0 Å². The Morgan fingerprint density at radius 1 is 1.11 bits per heavy atom. The fourth-order valence-corrected chi connectivity index (χ4v) is 3.19. The minimum absolute atomic E-state index is 0.146. The summed E-state index contributed by atoms with van der Waals surface area (Å²) in [6, 6.07) is 11.2. The van der Waals surface area contributed by atoms with Gasteiger partial charge in [0.25, 0.3) is 11.8 Å². The third-order valence-corrected chi connectivity index (χ3v) is 4.71. The molecule has 1 aliphatic rings. The van der Waals surface area contributed by atoms with Crippen LogP contribution in [0.25, 0.3) is 0 Å². The molecule has 0 unspecified atom stereocenters. The zero-order valence-corrected chi connectivity index (χ0v) is 15.8. The van der Waals surface area contributed by atoms with E-state index in [1.807, 2.05) is 0 Å². The molecule has 6 nitrogen and oxygen atoms in total. The van der Waals surface area contributed by atoms with Gasteiger partial charge in [0.05, 0.1) is 18.2 Å². The molecule has 0 fully saturated rings. The van der Waals surface area contributed by atoms with Gasteiger partial charge >= 0.3 is 0 Å². The fourth-order valence-electron chi connectivity index (χ4n) is 3.19. The predicted octanol–water partition coefficient (Wildman–Crippen LogP) is 2.87. The number of fused-ring (bicyclic) bond motifs is 1. The molecule has 0 radical (unpaired) electrons. The third-order valence-electron chi connectivity index (χ3n) is 4.71. The summed E-state index contributed by atoms with van der Waals surface area (Å²) in [5.74, 6) is -1.12. The first-order valence-electron chi connectivity index (χ1n) is 8.94. The van der Waals surface area contributed by atoms with Crippen molar-refractivity contribution in [2.24, 2.45) is 0 Å². The molecule has 0 spiro atoms. The van der Waals surface area contributed by atoms with Crippen LogP contribution in [0.1, 0.15) is 39.1 Å². The maximum absolute atomic E-state index is 13.8. The molecule has 7 heteroatoms. The molecule has 2 aromatic carbocycles. The van der Waals surface area contributed by atoms with Crippen LogP contribution in [0, 0.1) is 5.82 Å². The molecule has 0 aliphatic carbocycles. The van der Waals surface area contributed by atoms with E-state index in [0.29, 0.717) is 23.1 Å². The Kier molecular flexibility index (Phi) is 5.73. The Balaban J connectivity index is 1.51. The van der Waals surface area contributed by atoms with Crippen LogP contribution in [0.4, 0.5) is 4.39 Å². The zero-order valence-electron chi connectivity index (χ0n) is 15.8. The number of carbonyl (C=O) groups is 3. The highest BCUT2D eigenvalue weighted by atomic mass is 19.1. The SMILES string of the molecule is COc1ccc(CN(C)C(=O)CCCN2C(=O)c3ccccc3C2=O)cc1F. The maximum atomic E-state index is 13.8. The van der Waals surface area contributed by atoms with Gasteiger partial charge in [0.15, 0.2) is 11.6 Å². The van der Waals surface area contributed by atoms with Crippen LogP contribution in [0.5, 0.6) is 5.75 Å². The second kappa shape index (κ2) is 8.21. The fraction of sp³-hybridized carbons (Fsp3) is 0.286. The Labute approximate surface area is 162 Å². The molecule has 3 rings (SSSR count). The summed E-state index contributed by atoms with van der Waals surface area (Å²) >= 11 is 0. The zero-order chi connectivity index (χ0) is 20.3. The van der Waals surface area contributed by atoms with Gasteiger partial charge in [-0.25, -0.2) is 4.39 Å². The van der Waals surface area contributed by atoms with Gasteiger partial charge in [0, 0.05) is 26.6 Å². The predicted molar refractivity (Wildman–Crippen MR) is 100 cm³/mol. The van der Waals surface area contributed by atoms with Gasteiger partial charge in [-0.2, -0.15) is 0 Å². The van der Waals surface area contributed by atoms with Gasteiger partial charge < -0.3 is 9.64 Å². The average molecular weight is 384 g/mol. The van der Waals surface area contributed by atoms with E-state index in [0.717, 1.165) is 0 Å². The molecule has 146 valence electrons. The molecule has 0 atom stereocenters. The van der Waals surface area contributed by atoms with E-state index >= 15 is 0 Å². The van der Waals surface area contributed by atoms with Crippen LogP contribution in [-0.2, 0) is 11.3 Å². The van der Waals surface area contributed by atoms with Crippen molar-refractivity contribution in [2.75, 3.05) is 20.7 Å². The summed E-state index contributed by atoms with van der Waals surface area (Å²) in [7, 11) is 3.02. The summed E-state index contributed by atoms with van der Waals surface area (Å²) in [6.45, 7) is 0.440. The second-order valence-electron chi connectivity index (χ2n) is 6.63. The number of imide groups is 1. The van der Waals surface area contributed by atoms with E-state index in [1.54, 1.807) is 37.4 Å². The normalized spacial score (nSPS) is 12.9. The van der Waals surface area contributed by atoms with Crippen LogP contribution in [-0.4, -0.2) is 48.2 Å². The van der Waals surface area contributed by atoms with Crippen LogP contribution >= 0.6 is 0 Å². The Bertz CT molecular complexity index is 893. The largest absolute Gasteiger partial charge is 0.494 e. The summed E-state index contributed by atoms with van der Waals surface area (Å²) in [5, 5.41) is 0. The number of ether oxygens (including phenoxy) is 1. The Hall–Kier alpha value is -3.22. The van der Waals surface area contributed by atoms with Gasteiger partial charge in [-0.15, -0.1) is 0 Å². The molecular weight excluding hydrogens is 363 g/mol. The van der Waals surface area contributed by atoms with E-state index in [1.165, 1.54) is 29.0 Å². The lowest BCUT2D eigenvalue weighted by Crippen LogP contribution is -2.32. The van der Waals surface area contributed by atoms with Crippen LogP contribution < -0.4 is 4.74 Å². The average Bonchev–Trinajstić information content (AvgIpc) is 2.93. The highest BCUT2D eigenvalue weighted by Crippen LogP contribution is 2.23. The van der Waals surface area contributed by atoms with E-state index in [4.69, 9.17) is 4.74 Å². The lowest BCUT2D eigenvalue weighted by atomic mass is 10.1. The monoisotopic (exact) mass is 384 g/mol. The molecule has 0 bridgehead atoms. The number of hydrogen-bond acceptors (Lipinski definition) is 4. The minimum atomic E-state index is -0.480. The van der Waals surface area contributed by atoms with Crippen molar-refractivity contribution >= 4 is 17.7 Å². The van der Waals surface area contributed by atoms with Crippen molar-refractivity contribution < 1.29 is 23.5 Å². The highest BCUT2D eigenvalue weighted by molar-refractivity contribution is 6.21. The third kappa shape index (κ3) is 3.88. The molecule has 0 N–H and O–H groups in total. The van der Waals surface area contributed by atoms with Crippen LogP contribution in [0.2, 0.25) is 0 Å². The standard InChI is InChI=1S/C21H21FN2O4/c1-23(13-14-9-10-18(28-2)17(22)12-14)19(25)8-5-11-24-20(26)15-6-3-4-7-16(15)21(24)27/h3-4,6-7,9-10,12H,5,8,11,13H2,1-2H3. The second-order valence-corrected chi connectivity index (χ2v) is 6.63. The van der Waals surface area contributed by atoms with Crippen molar-refractivity contribution in [3.63, 3.8) is 0 Å². The van der Waals surface area contributed by atoms with Crippen molar-refractivity contribution in [3.8, 4) is 5.75 Å². The summed E-state index contributed by atoms with van der Waals surface area (Å²) in [4.78, 5) is 39.6. The molecule has 2 aromatic rings. The van der Waals surface area contributed by atoms with Crippen molar-refractivity contribution in [2.45, 2.75) is 19.4 Å². The van der Waals surface area contributed by atoms with Crippen LogP contribution in [0.3, 0.4) is 0 Å². The summed E-state index contributed by atoms with van der Waals surface area (Å²) < 4.78 is 18.6. The first-order chi connectivity index (χ1) is 13.4. The number of halogens is 1. The van der Waals surface area contributed by atoms with E-state index in [9.17, 15) is 18.8 Å². The lowest BCUT2D eigenvalue weighted by molar-refractivity contribution is -0.130. The highest BCUT2D eigenvalue weighted by Gasteiger charge is 2.34. The molecule has 0 saturated heterocycles. The van der Waals surface area contributed by atoms with Crippen molar-refractivity contribution in [3.05, 3.63) is 65.0 Å². The number of benzene rings is 2. The topological polar surface area (TPSA) is 66.9 Å². The molecule has 1 aliphatic heterocycles. The number of rotatable bonds is 7. The number of hydrogen-bond donors (Lipinski definition) is 0. The maximum Gasteiger partial charge on any atom is 0.261 e. The molecule has 3 amide bonds. The Morgan fingerprint density at radius 3 is 2.32 bits per heavy atom. The lowest BCUT2D eigenvalue weighted by Gasteiger charge is -2.19. The van der Waals surface area contributed by atoms with E-state index in [2.05, 4.69) is 0 Å². The smallest absolute Gasteiger partial charge is 0.261 e. The number of carbonyl (C=O) groups excluding carboxylic acids is 3. The molecule has 0 saturated carbocycles. The van der Waals surface area contributed by atoms with Crippen molar-refractivity contribution in [1.82, 2.24) is 9.80 Å². The summed E-state index contributed by atoms with van der Waals surface area (Å²) in [6.07, 6.45) is 0.550. The number of methoxy groups -OCH3 is 1. The molecule has 28 heavy (non-hydrogen) atoms. The first kappa shape index (κ1) is 19.5. The molecule has 0 aromatic heterocycles. The summed E-state index contributed by atoms with van der Waals surface area (Å²) in [5.41, 5.74) is 1.45. The van der Waals surface area contributed by atoms with Gasteiger partial charge in [-0.3, -0.25) is 19.3 Å². The van der Waals surface area contributed by atoms with E-state index in [-0.39, 0.29) is 43.0 Å². The van der Waals surface area contributed by atoms with Crippen molar-refractivity contribution in [1.29, 1.82) is 0 Å².